The lowest BCUT2D eigenvalue weighted by Gasteiger charge is -2.57. The SMILES string of the molecule is NC1CC2(C1)CC(NCc1ccc3c(c1)C(=O)N(C1CCC(=O)NC1=O)C3=O)C2. The lowest BCUT2D eigenvalue weighted by Crippen LogP contribution is -2.58. The van der Waals surface area contributed by atoms with Crippen molar-refractivity contribution in [1.29, 1.82) is 0 Å². The minimum absolute atomic E-state index is 0.118. The van der Waals surface area contributed by atoms with Crippen LogP contribution in [-0.4, -0.2) is 46.7 Å². The summed E-state index contributed by atoms with van der Waals surface area (Å²) in [6.45, 7) is 0.625. The average Bonchev–Trinajstić information content (AvgIpc) is 2.87. The maximum absolute atomic E-state index is 12.9. The van der Waals surface area contributed by atoms with Crippen molar-refractivity contribution in [2.24, 2.45) is 11.1 Å². The Labute approximate surface area is 168 Å². The highest BCUT2D eigenvalue weighted by Crippen LogP contribution is 2.55. The summed E-state index contributed by atoms with van der Waals surface area (Å²) in [5.41, 5.74) is 7.94. The quantitative estimate of drug-likeness (QED) is 0.635. The normalized spacial score (nSPS) is 33.4. The van der Waals surface area contributed by atoms with E-state index in [-0.39, 0.29) is 18.7 Å². The van der Waals surface area contributed by atoms with E-state index in [4.69, 9.17) is 5.73 Å². The van der Waals surface area contributed by atoms with Crippen LogP contribution in [0.3, 0.4) is 0 Å². The zero-order valence-electron chi connectivity index (χ0n) is 16.1. The number of hydrogen-bond donors (Lipinski definition) is 3. The number of hydrogen-bond acceptors (Lipinski definition) is 6. The molecule has 1 aromatic carbocycles. The molecule has 4 N–H and O–H groups in total. The van der Waals surface area contributed by atoms with Crippen molar-refractivity contribution in [3.8, 4) is 0 Å². The van der Waals surface area contributed by atoms with E-state index in [1.165, 1.54) is 0 Å². The van der Waals surface area contributed by atoms with Crippen molar-refractivity contribution in [3.63, 3.8) is 0 Å². The van der Waals surface area contributed by atoms with Crippen LogP contribution in [0.15, 0.2) is 18.2 Å². The molecule has 3 fully saturated rings. The van der Waals surface area contributed by atoms with Gasteiger partial charge in [0.2, 0.25) is 11.8 Å². The summed E-state index contributed by atoms with van der Waals surface area (Å²) in [4.78, 5) is 50.1. The van der Waals surface area contributed by atoms with Crippen molar-refractivity contribution in [2.75, 3.05) is 0 Å². The number of nitrogens with two attached hydrogens (primary N) is 1. The molecule has 5 rings (SSSR count). The van der Waals surface area contributed by atoms with E-state index in [1.807, 2.05) is 6.07 Å². The highest BCUT2D eigenvalue weighted by molar-refractivity contribution is 6.23. The zero-order valence-corrected chi connectivity index (χ0v) is 16.1. The molecule has 8 heteroatoms. The topological polar surface area (TPSA) is 122 Å². The van der Waals surface area contributed by atoms with Crippen LogP contribution in [0, 0.1) is 5.41 Å². The fourth-order valence-corrected chi connectivity index (χ4v) is 5.41. The molecule has 4 aliphatic rings. The van der Waals surface area contributed by atoms with Gasteiger partial charge in [0.15, 0.2) is 0 Å². The number of nitrogens with one attached hydrogen (secondary N) is 2. The molecule has 1 atom stereocenters. The first-order chi connectivity index (χ1) is 13.8. The number of rotatable bonds is 4. The van der Waals surface area contributed by atoms with Crippen molar-refractivity contribution in [3.05, 3.63) is 34.9 Å². The van der Waals surface area contributed by atoms with Gasteiger partial charge in [-0.2, -0.15) is 0 Å². The van der Waals surface area contributed by atoms with Gasteiger partial charge in [0.1, 0.15) is 6.04 Å². The Hall–Kier alpha value is -2.58. The molecule has 8 nitrogen and oxygen atoms in total. The Bertz CT molecular complexity index is 929. The van der Waals surface area contributed by atoms with Crippen LogP contribution >= 0.6 is 0 Å². The lowest BCUT2D eigenvalue weighted by molar-refractivity contribution is -0.136. The van der Waals surface area contributed by atoms with Crippen molar-refractivity contribution in [1.82, 2.24) is 15.5 Å². The molecule has 2 heterocycles. The van der Waals surface area contributed by atoms with E-state index < -0.39 is 23.8 Å². The van der Waals surface area contributed by atoms with Gasteiger partial charge in [0.05, 0.1) is 11.1 Å². The molecule has 2 saturated carbocycles. The molecular formula is C21H24N4O4. The number of fused-ring (bicyclic) bond motifs is 1. The molecule has 29 heavy (non-hydrogen) atoms. The van der Waals surface area contributed by atoms with E-state index in [2.05, 4.69) is 10.6 Å². The van der Waals surface area contributed by atoms with Crippen LogP contribution in [0.5, 0.6) is 0 Å². The first-order valence-corrected chi connectivity index (χ1v) is 10.2. The van der Waals surface area contributed by atoms with Gasteiger partial charge in [-0.3, -0.25) is 29.4 Å². The largest absolute Gasteiger partial charge is 0.328 e. The lowest BCUT2D eigenvalue weighted by atomic mass is 9.52. The molecule has 2 aliphatic carbocycles. The van der Waals surface area contributed by atoms with E-state index in [0.29, 0.717) is 35.2 Å². The fraction of sp³-hybridized carbons (Fsp3) is 0.524. The van der Waals surface area contributed by atoms with Crippen molar-refractivity contribution < 1.29 is 19.2 Å². The molecule has 1 saturated heterocycles. The molecule has 1 unspecified atom stereocenters. The smallest absolute Gasteiger partial charge is 0.262 e. The first kappa shape index (κ1) is 18.4. The van der Waals surface area contributed by atoms with E-state index in [1.54, 1.807) is 12.1 Å². The summed E-state index contributed by atoms with van der Waals surface area (Å²) in [6, 6.07) is 5.14. The number of nitrogens with zero attached hydrogens (tertiary/aromatic N) is 1. The Morgan fingerprint density at radius 3 is 2.48 bits per heavy atom. The number of amides is 4. The minimum Gasteiger partial charge on any atom is -0.328 e. The summed E-state index contributed by atoms with van der Waals surface area (Å²) < 4.78 is 0. The van der Waals surface area contributed by atoms with Crippen LogP contribution < -0.4 is 16.4 Å². The average molecular weight is 396 g/mol. The Kier molecular flexibility index (Phi) is 4.11. The number of carbonyl (C=O) groups is 4. The predicted molar refractivity (Wildman–Crippen MR) is 103 cm³/mol. The maximum Gasteiger partial charge on any atom is 0.262 e. The molecule has 1 spiro atoms. The third-order valence-electron chi connectivity index (χ3n) is 6.85. The summed E-state index contributed by atoms with van der Waals surface area (Å²) in [7, 11) is 0. The fourth-order valence-electron chi connectivity index (χ4n) is 5.41. The second kappa shape index (κ2) is 6.47. The van der Waals surface area contributed by atoms with Crippen LogP contribution in [0.4, 0.5) is 0 Å². The zero-order chi connectivity index (χ0) is 20.3. The molecule has 4 amide bonds. The molecule has 0 bridgehead atoms. The van der Waals surface area contributed by atoms with Crippen LogP contribution in [0.2, 0.25) is 0 Å². The van der Waals surface area contributed by atoms with Gasteiger partial charge >= 0.3 is 0 Å². The molecule has 152 valence electrons. The van der Waals surface area contributed by atoms with Crippen molar-refractivity contribution in [2.45, 2.75) is 63.2 Å². The van der Waals surface area contributed by atoms with Crippen LogP contribution in [-0.2, 0) is 16.1 Å². The summed E-state index contributed by atoms with van der Waals surface area (Å²) in [5.74, 6) is -1.90. The van der Waals surface area contributed by atoms with E-state index in [9.17, 15) is 19.2 Å². The van der Waals surface area contributed by atoms with E-state index >= 15 is 0 Å². The van der Waals surface area contributed by atoms with Gasteiger partial charge in [-0.15, -0.1) is 0 Å². The molecule has 1 aromatic rings. The summed E-state index contributed by atoms with van der Waals surface area (Å²) in [5, 5.41) is 5.73. The Morgan fingerprint density at radius 2 is 1.79 bits per heavy atom. The highest BCUT2D eigenvalue weighted by Gasteiger charge is 2.51. The minimum atomic E-state index is -0.929. The molecule has 2 aliphatic heterocycles. The van der Waals surface area contributed by atoms with Gasteiger partial charge in [0.25, 0.3) is 11.8 Å². The Morgan fingerprint density at radius 1 is 1.07 bits per heavy atom. The third-order valence-corrected chi connectivity index (χ3v) is 6.85. The van der Waals surface area contributed by atoms with Gasteiger partial charge in [-0.1, -0.05) is 6.07 Å². The highest BCUT2D eigenvalue weighted by atomic mass is 16.2. The second-order valence-corrected chi connectivity index (χ2v) is 8.98. The second-order valence-electron chi connectivity index (χ2n) is 8.98. The molecular weight excluding hydrogens is 372 g/mol. The number of imide groups is 2. The maximum atomic E-state index is 12.9. The molecule has 0 radical (unpaired) electrons. The molecule has 0 aromatic heterocycles. The summed E-state index contributed by atoms with van der Waals surface area (Å²) >= 11 is 0. The first-order valence-electron chi connectivity index (χ1n) is 10.2. The number of piperidine rings is 1. The van der Waals surface area contributed by atoms with E-state index in [0.717, 1.165) is 36.1 Å². The van der Waals surface area contributed by atoms with Crippen LogP contribution in [0.25, 0.3) is 0 Å². The van der Waals surface area contributed by atoms with Crippen molar-refractivity contribution >= 4 is 23.6 Å². The monoisotopic (exact) mass is 396 g/mol. The summed E-state index contributed by atoms with van der Waals surface area (Å²) in [6.07, 6.45) is 4.82. The third kappa shape index (κ3) is 2.98. The van der Waals surface area contributed by atoms with Gasteiger partial charge < -0.3 is 11.1 Å². The number of carbonyl (C=O) groups excluding carboxylic acids is 4. The standard InChI is InChI=1S/C21H24N4O4/c22-12-6-21(7-12)8-13(9-21)23-10-11-1-2-14-15(5-11)20(29)25(19(14)28)16-3-4-17(26)24-18(16)27/h1-2,5,12-13,16,23H,3-4,6-10,22H2,(H,24,26,27). The predicted octanol–water partition coefficient (Wildman–Crippen LogP) is 0.447. The van der Waals surface area contributed by atoms with Crippen LogP contribution in [0.1, 0.15) is 64.8 Å². The van der Waals surface area contributed by atoms with Gasteiger partial charge in [-0.25, -0.2) is 0 Å². The number of benzene rings is 1. The van der Waals surface area contributed by atoms with Gasteiger partial charge in [-0.05, 0) is 55.2 Å². The Balaban J connectivity index is 1.25. The van der Waals surface area contributed by atoms with Gasteiger partial charge in [0, 0.05) is 25.0 Å².